The molecular formula is C23H28O7. The van der Waals surface area contributed by atoms with E-state index in [1.807, 2.05) is 25.2 Å². The Balaban J connectivity index is 2.15. The van der Waals surface area contributed by atoms with Crippen LogP contribution in [-0.4, -0.2) is 46.1 Å². The van der Waals surface area contributed by atoms with Gasteiger partial charge in [-0.25, -0.2) is 0 Å². The molecule has 1 aliphatic heterocycles. The van der Waals surface area contributed by atoms with Crippen molar-refractivity contribution in [2.24, 2.45) is 11.8 Å². The molecule has 3 rings (SSSR count). The summed E-state index contributed by atoms with van der Waals surface area (Å²) in [5, 5.41) is 10.3. The van der Waals surface area contributed by atoms with Crippen molar-refractivity contribution in [2.45, 2.75) is 19.3 Å². The molecule has 3 atom stereocenters. The Morgan fingerprint density at radius 3 is 2.40 bits per heavy atom. The monoisotopic (exact) mass is 416 g/mol. The van der Waals surface area contributed by atoms with E-state index in [9.17, 15) is 9.90 Å². The molecule has 162 valence electrons. The topological polar surface area (TPSA) is 83.5 Å². The number of ether oxygens (including phenoxy) is 5. The molecule has 0 bridgehead atoms. The zero-order chi connectivity index (χ0) is 21.7. The molecule has 0 radical (unpaired) electrons. The highest BCUT2D eigenvalue weighted by Gasteiger charge is 2.32. The Bertz CT molecular complexity index is 843. The molecule has 1 aliphatic carbocycles. The summed E-state index contributed by atoms with van der Waals surface area (Å²) in [6.07, 6.45) is 7.33. The number of hydrogen-bond acceptors (Lipinski definition) is 7. The summed E-state index contributed by atoms with van der Waals surface area (Å²) in [5.74, 6) is 0.992. The van der Waals surface area contributed by atoms with Crippen molar-refractivity contribution >= 4 is 6.29 Å². The number of hydrogen-bond donors (Lipinski definition) is 1. The predicted octanol–water partition coefficient (Wildman–Crippen LogP) is 3.69. The molecule has 0 saturated carbocycles. The molecule has 0 aromatic heterocycles. The number of carbonyl (C=O) groups excluding carboxylic acids is 1. The zero-order valence-electron chi connectivity index (χ0n) is 17.7. The van der Waals surface area contributed by atoms with Crippen molar-refractivity contribution in [2.75, 3.05) is 34.7 Å². The largest absolute Gasteiger partial charge is 0.502 e. The van der Waals surface area contributed by atoms with Crippen molar-refractivity contribution in [3.05, 3.63) is 53.0 Å². The van der Waals surface area contributed by atoms with Crippen molar-refractivity contribution in [3.63, 3.8) is 0 Å². The maximum Gasteiger partial charge on any atom is 0.231 e. The normalized spacial score (nSPS) is 26.5. The number of rotatable bonds is 6. The maximum absolute atomic E-state index is 12.3. The second-order valence-corrected chi connectivity index (χ2v) is 7.42. The molecule has 2 aliphatic rings. The van der Waals surface area contributed by atoms with Crippen LogP contribution in [0.15, 0.2) is 47.5 Å². The molecule has 30 heavy (non-hydrogen) atoms. The van der Waals surface area contributed by atoms with Gasteiger partial charge in [-0.3, -0.25) is 0 Å². The average molecular weight is 416 g/mol. The fourth-order valence-corrected chi connectivity index (χ4v) is 4.01. The van der Waals surface area contributed by atoms with Crippen LogP contribution in [0.1, 0.15) is 24.8 Å². The number of carbonyl (C=O) groups is 1. The second kappa shape index (κ2) is 9.71. The molecule has 1 heterocycles. The Kier molecular flexibility index (Phi) is 7.05. The van der Waals surface area contributed by atoms with E-state index in [1.54, 1.807) is 19.2 Å². The summed E-state index contributed by atoms with van der Waals surface area (Å²) in [7, 11) is 4.58. The quantitative estimate of drug-likeness (QED) is 0.708. The van der Waals surface area contributed by atoms with Gasteiger partial charge in [-0.1, -0.05) is 11.6 Å². The van der Waals surface area contributed by atoms with E-state index < -0.39 is 0 Å². The minimum absolute atomic E-state index is 0.0614. The molecule has 0 spiro atoms. The summed E-state index contributed by atoms with van der Waals surface area (Å²) in [4.78, 5) is 12.3. The number of methoxy groups -OCH3 is 3. The number of phenolic OH excluding ortho intramolecular Hbond substituents is 1. The van der Waals surface area contributed by atoms with Gasteiger partial charge in [-0.05, 0) is 49.1 Å². The molecule has 7 nitrogen and oxygen atoms in total. The van der Waals surface area contributed by atoms with Crippen LogP contribution in [0.25, 0.3) is 0 Å². The first-order chi connectivity index (χ1) is 14.5. The van der Waals surface area contributed by atoms with Gasteiger partial charge < -0.3 is 33.6 Å². The van der Waals surface area contributed by atoms with E-state index in [0.717, 1.165) is 17.4 Å². The summed E-state index contributed by atoms with van der Waals surface area (Å²) in [6.45, 7) is 2.58. The van der Waals surface area contributed by atoms with E-state index >= 15 is 0 Å². The highest BCUT2D eigenvalue weighted by atomic mass is 16.7. The molecule has 3 unspecified atom stereocenters. The minimum Gasteiger partial charge on any atom is -0.502 e. The van der Waals surface area contributed by atoms with E-state index in [1.165, 1.54) is 14.2 Å². The lowest BCUT2D eigenvalue weighted by Gasteiger charge is -2.29. The van der Waals surface area contributed by atoms with Crippen molar-refractivity contribution < 1.29 is 33.6 Å². The lowest BCUT2D eigenvalue weighted by Crippen LogP contribution is -2.27. The van der Waals surface area contributed by atoms with E-state index in [2.05, 4.69) is 0 Å². The highest BCUT2D eigenvalue weighted by molar-refractivity contribution is 5.61. The van der Waals surface area contributed by atoms with Crippen LogP contribution in [0.5, 0.6) is 17.2 Å². The summed E-state index contributed by atoms with van der Waals surface area (Å²) in [6, 6.07) is 3.45. The number of benzene rings is 1. The van der Waals surface area contributed by atoms with Crippen LogP contribution in [0.2, 0.25) is 0 Å². The Morgan fingerprint density at radius 1 is 1.13 bits per heavy atom. The van der Waals surface area contributed by atoms with Crippen molar-refractivity contribution in [1.82, 2.24) is 0 Å². The van der Waals surface area contributed by atoms with Gasteiger partial charge in [-0.2, -0.15) is 0 Å². The number of phenols is 1. The van der Waals surface area contributed by atoms with E-state index in [-0.39, 0.29) is 41.8 Å². The highest BCUT2D eigenvalue weighted by Crippen LogP contribution is 2.43. The first-order valence-corrected chi connectivity index (χ1v) is 9.76. The van der Waals surface area contributed by atoms with Crippen LogP contribution in [-0.2, 0) is 19.0 Å². The van der Waals surface area contributed by atoms with Crippen LogP contribution in [0.3, 0.4) is 0 Å². The number of allylic oxidation sites excluding steroid dienone is 4. The van der Waals surface area contributed by atoms with Crippen LogP contribution >= 0.6 is 0 Å². The summed E-state index contributed by atoms with van der Waals surface area (Å²) >= 11 is 0. The lowest BCUT2D eigenvalue weighted by atomic mass is 9.76. The predicted molar refractivity (Wildman–Crippen MR) is 110 cm³/mol. The maximum atomic E-state index is 12.3. The fraction of sp³-hybridized carbons (Fsp3) is 0.435. The molecule has 0 saturated heterocycles. The molecule has 1 N–H and O–H groups in total. The van der Waals surface area contributed by atoms with Crippen LogP contribution in [0, 0.1) is 11.8 Å². The molecule has 1 aromatic carbocycles. The molecule has 7 heteroatoms. The number of aromatic hydroxyl groups is 1. The van der Waals surface area contributed by atoms with Gasteiger partial charge >= 0.3 is 0 Å². The van der Waals surface area contributed by atoms with Gasteiger partial charge in [0.1, 0.15) is 6.29 Å². The van der Waals surface area contributed by atoms with Gasteiger partial charge in [0.2, 0.25) is 12.5 Å². The van der Waals surface area contributed by atoms with Gasteiger partial charge in [0.05, 0.1) is 20.8 Å². The van der Waals surface area contributed by atoms with Crippen LogP contribution < -0.4 is 9.47 Å². The third-order valence-electron chi connectivity index (χ3n) is 5.47. The van der Waals surface area contributed by atoms with Crippen molar-refractivity contribution in [3.8, 4) is 17.2 Å². The Morgan fingerprint density at radius 2 is 1.80 bits per heavy atom. The van der Waals surface area contributed by atoms with E-state index in [4.69, 9.17) is 23.7 Å². The fourth-order valence-electron chi connectivity index (χ4n) is 4.01. The molecule has 1 aromatic rings. The molecule has 0 fully saturated rings. The summed E-state index contributed by atoms with van der Waals surface area (Å²) in [5.41, 5.74) is 1.84. The first kappa shape index (κ1) is 21.8. The van der Waals surface area contributed by atoms with Crippen molar-refractivity contribution in [1.29, 1.82) is 0 Å². The zero-order valence-corrected chi connectivity index (χ0v) is 17.7. The SMILES string of the molecule is COCC1C/C(C)=C/C2=C(/C=C/C(c3cc(OC)c(O)c(OC)c3)C1C=O)OCO2. The molecular weight excluding hydrogens is 388 g/mol. The Labute approximate surface area is 176 Å². The van der Waals surface area contributed by atoms with Gasteiger partial charge in [0.15, 0.2) is 23.0 Å². The standard InChI is InChI=1S/C23H28O7/c1-14-7-16(12-26-2)18(11-24)17(5-6-19-20(8-14)30-13-29-19)15-9-21(27-3)23(25)22(10-15)28-4/h5-6,8-11,16-18,25H,7,12-13H2,1-4H3/b6-5+,14-8+. The lowest BCUT2D eigenvalue weighted by molar-refractivity contribution is -0.113. The second-order valence-electron chi connectivity index (χ2n) is 7.42. The number of aldehydes is 1. The van der Waals surface area contributed by atoms with Crippen LogP contribution in [0.4, 0.5) is 0 Å². The minimum atomic E-state index is -0.382. The average Bonchev–Trinajstić information content (AvgIpc) is 3.17. The smallest absolute Gasteiger partial charge is 0.231 e. The summed E-state index contributed by atoms with van der Waals surface area (Å²) < 4.78 is 27.3. The Hall–Kier alpha value is -2.93. The van der Waals surface area contributed by atoms with Gasteiger partial charge in [0, 0.05) is 18.9 Å². The van der Waals surface area contributed by atoms with Gasteiger partial charge in [0.25, 0.3) is 0 Å². The third-order valence-corrected chi connectivity index (χ3v) is 5.47. The molecule has 0 amide bonds. The van der Waals surface area contributed by atoms with E-state index in [0.29, 0.717) is 24.5 Å². The first-order valence-electron chi connectivity index (χ1n) is 9.76. The third kappa shape index (κ3) is 4.46. The van der Waals surface area contributed by atoms with Gasteiger partial charge in [-0.15, -0.1) is 0 Å².